The van der Waals surface area contributed by atoms with E-state index in [0.717, 1.165) is 40.9 Å². The van der Waals surface area contributed by atoms with Crippen LogP contribution in [0.4, 0.5) is 5.13 Å². The first-order valence-corrected chi connectivity index (χ1v) is 15.2. The number of thiazole rings is 1. The van der Waals surface area contributed by atoms with Gasteiger partial charge in [0.2, 0.25) is 5.91 Å². The Bertz CT molecular complexity index is 1530. The average molecular weight is 612 g/mol. The Morgan fingerprint density at radius 1 is 1.10 bits per heavy atom. The number of ether oxygens (including phenoxy) is 1. The Labute approximate surface area is 250 Å². The number of carbonyl (C=O) groups excluding carboxylic acids is 4. The summed E-state index contributed by atoms with van der Waals surface area (Å²) >= 11 is 2.27. The highest BCUT2D eigenvalue weighted by Gasteiger charge is 2.26. The fourth-order valence-electron chi connectivity index (χ4n) is 4.20. The SMILES string of the molecule is CCN(CC)CCOC(=O)[C@H](CNC(=O)c1cccs1)NC(=O)c1sc(NC(=O)Cc2cccc3[nH]ncc23)nc1C. The highest BCUT2D eigenvalue weighted by Crippen LogP contribution is 2.24. The van der Waals surface area contributed by atoms with Crippen molar-refractivity contribution in [3.8, 4) is 0 Å². The van der Waals surface area contributed by atoms with Crippen molar-refractivity contribution in [1.29, 1.82) is 0 Å². The number of esters is 1. The summed E-state index contributed by atoms with van der Waals surface area (Å²) in [4.78, 5) is 58.6. The van der Waals surface area contributed by atoms with E-state index in [1.54, 1.807) is 30.6 Å². The number of amides is 3. The number of hydrogen-bond acceptors (Lipinski definition) is 10. The van der Waals surface area contributed by atoms with Crippen LogP contribution >= 0.6 is 22.7 Å². The maximum absolute atomic E-state index is 13.2. The van der Waals surface area contributed by atoms with E-state index in [0.29, 0.717) is 17.1 Å². The predicted octanol–water partition coefficient (Wildman–Crippen LogP) is 2.98. The van der Waals surface area contributed by atoms with Crippen LogP contribution in [0.25, 0.3) is 10.9 Å². The minimum Gasteiger partial charge on any atom is -0.463 e. The predicted molar refractivity (Wildman–Crippen MR) is 162 cm³/mol. The van der Waals surface area contributed by atoms with Crippen molar-refractivity contribution in [2.45, 2.75) is 33.2 Å². The minimum atomic E-state index is -1.13. The topological polar surface area (TPSA) is 158 Å². The van der Waals surface area contributed by atoms with Crippen molar-refractivity contribution in [1.82, 2.24) is 30.7 Å². The van der Waals surface area contributed by atoms with Crippen LogP contribution < -0.4 is 16.0 Å². The van der Waals surface area contributed by atoms with Gasteiger partial charge in [-0.2, -0.15) is 5.10 Å². The lowest BCUT2D eigenvalue weighted by Crippen LogP contribution is -2.49. The molecular formula is C28H33N7O5S2. The van der Waals surface area contributed by atoms with Gasteiger partial charge in [0.1, 0.15) is 17.5 Å². The zero-order chi connectivity index (χ0) is 30.1. The van der Waals surface area contributed by atoms with Crippen LogP contribution in [0.3, 0.4) is 0 Å². The van der Waals surface area contributed by atoms with Crippen LogP contribution in [-0.4, -0.2) is 82.6 Å². The van der Waals surface area contributed by atoms with E-state index in [1.165, 1.54) is 11.3 Å². The molecule has 4 rings (SSSR count). The zero-order valence-corrected chi connectivity index (χ0v) is 25.2. The molecule has 0 spiro atoms. The summed E-state index contributed by atoms with van der Waals surface area (Å²) in [5, 5.41) is 17.9. The molecule has 0 unspecified atom stereocenters. The molecule has 4 N–H and O–H groups in total. The molecule has 0 aliphatic carbocycles. The molecule has 14 heteroatoms. The van der Waals surface area contributed by atoms with Gasteiger partial charge in [0.05, 0.1) is 28.7 Å². The highest BCUT2D eigenvalue weighted by atomic mass is 32.1. The molecule has 4 aromatic rings. The molecule has 0 radical (unpaired) electrons. The number of hydrogen-bond donors (Lipinski definition) is 4. The third kappa shape index (κ3) is 7.99. The number of benzene rings is 1. The van der Waals surface area contributed by atoms with Gasteiger partial charge in [0.25, 0.3) is 11.8 Å². The molecule has 0 fully saturated rings. The molecule has 0 saturated carbocycles. The third-order valence-electron chi connectivity index (χ3n) is 6.52. The van der Waals surface area contributed by atoms with E-state index in [9.17, 15) is 19.2 Å². The number of aryl methyl sites for hydroxylation is 1. The normalized spacial score (nSPS) is 11.8. The van der Waals surface area contributed by atoms with Gasteiger partial charge in [-0.3, -0.25) is 19.5 Å². The number of aromatic nitrogens is 3. The number of H-pyrrole nitrogens is 1. The fraction of sp³-hybridized carbons (Fsp3) is 0.357. The Kier molecular flexibility index (Phi) is 10.8. The van der Waals surface area contributed by atoms with Crippen molar-refractivity contribution in [2.75, 3.05) is 38.1 Å². The van der Waals surface area contributed by atoms with Crippen LogP contribution in [0.1, 0.15) is 44.4 Å². The molecule has 42 heavy (non-hydrogen) atoms. The van der Waals surface area contributed by atoms with Crippen molar-refractivity contribution in [3.63, 3.8) is 0 Å². The van der Waals surface area contributed by atoms with E-state index in [-0.39, 0.29) is 41.4 Å². The monoisotopic (exact) mass is 611 g/mol. The minimum absolute atomic E-state index is 0.0996. The number of aromatic amines is 1. The lowest BCUT2D eigenvalue weighted by molar-refractivity contribution is -0.146. The van der Waals surface area contributed by atoms with E-state index < -0.39 is 17.9 Å². The second-order valence-corrected chi connectivity index (χ2v) is 11.3. The second kappa shape index (κ2) is 14.7. The van der Waals surface area contributed by atoms with Crippen LogP contribution in [0.5, 0.6) is 0 Å². The Morgan fingerprint density at radius 2 is 1.90 bits per heavy atom. The maximum atomic E-state index is 13.2. The van der Waals surface area contributed by atoms with E-state index in [4.69, 9.17) is 4.74 Å². The van der Waals surface area contributed by atoms with Crippen molar-refractivity contribution in [2.24, 2.45) is 0 Å². The van der Waals surface area contributed by atoms with Gasteiger partial charge in [0.15, 0.2) is 5.13 Å². The van der Waals surface area contributed by atoms with E-state index in [1.807, 2.05) is 32.0 Å². The van der Waals surface area contributed by atoms with Crippen molar-refractivity contribution < 1.29 is 23.9 Å². The first-order chi connectivity index (χ1) is 20.3. The van der Waals surface area contributed by atoms with Gasteiger partial charge in [-0.25, -0.2) is 9.78 Å². The van der Waals surface area contributed by atoms with Gasteiger partial charge in [-0.05, 0) is 43.1 Å². The summed E-state index contributed by atoms with van der Waals surface area (Å²) < 4.78 is 5.45. The van der Waals surface area contributed by atoms with Gasteiger partial charge in [-0.1, -0.05) is 43.4 Å². The van der Waals surface area contributed by atoms with Gasteiger partial charge < -0.3 is 25.6 Å². The van der Waals surface area contributed by atoms with Gasteiger partial charge >= 0.3 is 5.97 Å². The summed E-state index contributed by atoms with van der Waals surface area (Å²) in [6.45, 7) is 7.84. The first kappa shape index (κ1) is 30.8. The number of carbonyl (C=O) groups is 4. The largest absolute Gasteiger partial charge is 0.463 e. The Morgan fingerprint density at radius 3 is 2.64 bits per heavy atom. The Hall–Kier alpha value is -4.14. The van der Waals surface area contributed by atoms with Crippen LogP contribution in [-0.2, 0) is 20.7 Å². The third-order valence-corrected chi connectivity index (χ3v) is 8.46. The van der Waals surface area contributed by atoms with Crippen molar-refractivity contribution in [3.05, 3.63) is 62.9 Å². The molecule has 0 bridgehead atoms. The number of nitrogens with zero attached hydrogens (tertiary/aromatic N) is 3. The summed E-state index contributed by atoms with van der Waals surface area (Å²) in [5.74, 6) is -1.88. The summed E-state index contributed by atoms with van der Waals surface area (Å²) in [6.07, 6.45) is 1.77. The number of anilines is 1. The lowest BCUT2D eigenvalue weighted by Gasteiger charge is -2.20. The van der Waals surface area contributed by atoms with E-state index in [2.05, 4.69) is 36.0 Å². The van der Waals surface area contributed by atoms with Gasteiger partial charge in [0, 0.05) is 18.5 Å². The molecule has 3 aromatic heterocycles. The first-order valence-electron chi connectivity index (χ1n) is 13.5. The molecular weight excluding hydrogens is 578 g/mol. The van der Waals surface area contributed by atoms with Crippen LogP contribution in [0, 0.1) is 6.92 Å². The summed E-state index contributed by atoms with van der Waals surface area (Å²) in [7, 11) is 0. The smallest absolute Gasteiger partial charge is 0.330 e. The number of thiophene rings is 1. The summed E-state index contributed by atoms with van der Waals surface area (Å²) in [5.41, 5.74) is 2.02. The zero-order valence-electron chi connectivity index (χ0n) is 23.6. The van der Waals surface area contributed by atoms with E-state index >= 15 is 0 Å². The maximum Gasteiger partial charge on any atom is 0.330 e. The molecule has 222 valence electrons. The lowest BCUT2D eigenvalue weighted by atomic mass is 10.1. The summed E-state index contributed by atoms with van der Waals surface area (Å²) in [6, 6.07) is 7.85. The molecule has 3 heterocycles. The average Bonchev–Trinajstić information content (AvgIpc) is 3.75. The van der Waals surface area contributed by atoms with Crippen LogP contribution in [0.2, 0.25) is 0 Å². The molecule has 0 aliphatic rings. The second-order valence-electron chi connectivity index (χ2n) is 9.31. The standard InChI is InChI=1S/C28H33N7O5S2/c1-4-35(5-2)11-12-40-27(39)21(16-29-25(37)22-10-7-13-41-22)32-26(38)24-17(3)31-28(42-24)33-23(36)14-18-8-6-9-20-19(18)15-30-34-20/h6-10,13,15,21H,4-5,11-12,14,16H2,1-3H3,(H,29,37)(H,30,34)(H,32,38)(H,31,33,36)/t21-/m0/s1. The molecule has 1 atom stereocenters. The van der Waals surface area contributed by atoms with Gasteiger partial charge in [-0.15, -0.1) is 11.3 Å². The number of fused-ring (bicyclic) bond motifs is 1. The Balaban J connectivity index is 1.40. The quantitative estimate of drug-likeness (QED) is 0.159. The molecule has 1 aromatic carbocycles. The molecule has 3 amide bonds. The number of nitrogens with one attached hydrogen (secondary N) is 4. The van der Waals surface area contributed by atoms with Crippen LogP contribution in [0.15, 0.2) is 41.9 Å². The number of rotatable bonds is 14. The molecule has 0 aliphatic heterocycles. The fourth-order valence-corrected chi connectivity index (χ4v) is 5.73. The number of likely N-dealkylation sites (N-methyl/N-ethyl adjacent to an activating group) is 1. The highest BCUT2D eigenvalue weighted by molar-refractivity contribution is 7.17. The molecule has 0 saturated heterocycles. The van der Waals surface area contributed by atoms with Crippen molar-refractivity contribution >= 4 is 62.4 Å². The molecule has 12 nitrogen and oxygen atoms in total.